The zero-order valence-electron chi connectivity index (χ0n) is 22.4. The van der Waals surface area contributed by atoms with E-state index in [1.807, 2.05) is 45.0 Å². The van der Waals surface area contributed by atoms with Gasteiger partial charge in [-0.1, -0.05) is 43.7 Å². The Labute approximate surface area is 244 Å². The molecule has 1 unspecified atom stereocenters. The van der Waals surface area contributed by atoms with Gasteiger partial charge in [0.1, 0.15) is 11.6 Å². The van der Waals surface area contributed by atoms with E-state index in [9.17, 15) is 14.0 Å². The predicted octanol–water partition coefficient (Wildman–Crippen LogP) is 5.69. The number of nitrogens with two attached hydrogens (primary N) is 1. The normalized spacial score (nSPS) is 11.7. The molecule has 7 nitrogen and oxygen atoms in total. The van der Waals surface area contributed by atoms with Crippen molar-refractivity contribution in [2.24, 2.45) is 11.7 Å². The van der Waals surface area contributed by atoms with Gasteiger partial charge in [-0.05, 0) is 74.1 Å². The lowest BCUT2D eigenvalue weighted by Gasteiger charge is -2.35. The van der Waals surface area contributed by atoms with E-state index < -0.39 is 6.04 Å². The highest BCUT2D eigenvalue weighted by Crippen LogP contribution is 2.31. The number of aromatic nitrogens is 3. The first kappa shape index (κ1) is 32.4. The lowest BCUT2D eigenvalue weighted by Crippen LogP contribution is -2.42. The fraction of sp³-hybridized carbons (Fsp3) is 0.357. The summed E-state index contributed by atoms with van der Waals surface area (Å²) in [7, 11) is 0. The molecule has 0 aliphatic heterocycles. The Balaban J connectivity index is 0.00000267. The first-order chi connectivity index (χ1) is 17.7. The highest BCUT2D eigenvalue weighted by molar-refractivity contribution is 7.12. The van der Waals surface area contributed by atoms with Gasteiger partial charge in [0, 0.05) is 12.1 Å². The third-order valence-corrected chi connectivity index (χ3v) is 7.25. The molecule has 0 saturated carbocycles. The molecular formula is C28H34Cl2FN5O2S. The number of hydrogen-bond acceptors (Lipinski definition) is 6. The highest BCUT2D eigenvalue weighted by atomic mass is 35.5. The molecule has 4 aromatic rings. The number of benzene rings is 2. The SMILES string of the molecule is Cc1ccc(C(=O)N(CCCN)C(c2nc3snc(C)c3c(=O)n2Cc2cccc(F)c2)C(C)C)cc1.Cl.Cl. The van der Waals surface area contributed by atoms with Crippen LogP contribution in [0.3, 0.4) is 0 Å². The van der Waals surface area contributed by atoms with Crippen molar-refractivity contribution in [3.05, 3.63) is 92.9 Å². The molecule has 2 heterocycles. The summed E-state index contributed by atoms with van der Waals surface area (Å²) in [6, 6.07) is 13.1. The number of fused-ring (bicyclic) bond motifs is 1. The molecule has 11 heteroatoms. The number of nitrogens with zero attached hydrogens (tertiary/aromatic N) is 4. The van der Waals surface area contributed by atoms with Gasteiger partial charge in [0.05, 0.1) is 23.7 Å². The van der Waals surface area contributed by atoms with Crippen LogP contribution < -0.4 is 11.3 Å². The van der Waals surface area contributed by atoms with Crippen LogP contribution in [0.4, 0.5) is 4.39 Å². The fourth-order valence-corrected chi connectivity index (χ4v) is 5.34. The van der Waals surface area contributed by atoms with E-state index in [4.69, 9.17) is 10.7 Å². The van der Waals surface area contributed by atoms with Gasteiger partial charge in [0.2, 0.25) is 0 Å². The molecule has 4 rings (SSSR count). The summed E-state index contributed by atoms with van der Waals surface area (Å²) < 4.78 is 20.0. The molecule has 0 spiro atoms. The number of hydrogen-bond donors (Lipinski definition) is 1. The van der Waals surface area contributed by atoms with Gasteiger partial charge in [0.25, 0.3) is 11.5 Å². The van der Waals surface area contributed by atoms with E-state index in [2.05, 4.69) is 4.37 Å². The van der Waals surface area contributed by atoms with Crippen LogP contribution in [0.5, 0.6) is 0 Å². The van der Waals surface area contributed by atoms with Crippen LogP contribution >= 0.6 is 36.3 Å². The summed E-state index contributed by atoms with van der Waals surface area (Å²) in [5, 5.41) is 0.450. The van der Waals surface area contributed by atoms with Crippen LogP contribution in [-0.4, -0.2) is 37.8 Å². The van der Waals surface area contributed by atoms with Crippen molar-refractivity contribution in [3.63, 3.8) is 0 Å². The van der Waals surface area contributed by atoms with Crippen molar-refractivity contribution in [1.29, 1.82) is 0 Å². The zero-order valence-corrected chi connectivity index (χ0v) is 24.8. The Morgan fingerprint density at radius 2 is 1.82 bits per heavy atom. The minimum Gasteiger partial charge on any atom is -0.330 e. The van der Waals surface area contributed by atoms with Crippen molar-refractivity contribution < 1.29 is 9.18 Å². The molecule has 2 aromatic carbocycles. The quantitative estimate of drug-likeness (QED) is 0.269. The summed E-state index contributed by atoms with van der Waals surface area (Å²) in [5.74, 6) is -0.157. The molecule has 0 fully saturated rings. The predicted molar refractivity (Wildman–Crippen MR) is 160 cm³/mol. The second kappa shape index (κ2) is 14.0. The molecule has 39 heavy (non-hydrogen) atoms. The minimum absolute atomic E-state index is 0. The Hall–Kier alpha value is -2.85. The summed E-state index contributed by atoms with van der Waals surface area (Å²) in [6.07, 6.45) is 0.594. The molecule has 0 aliphatic rings. The smallest absolute Gasteiger partial charge is 0.264 e. The van der Waals surface area contributed by atoms with E-state index in [-0.39, 0.29) is 54.6 Å². The lowest BCUT2D eigenvalue weighted by atomic mass is 9.98. The molecule has 2 N–H and O–H groups in total. The monoisotopic (exact) mass is 593 g/mol. The molecule has 1 atom stereocenters. The number of carbonyl (C=O) groups excluding carboxylic acids is 1. The van der Waals surface area contributed by atoms with Crippen LogP contribution in [0.25, 0.3) is 10.2 Å². The number of halogens is 3. The topological polar surface area (TPSA) is 94.1 Å². The van der Waals surface area contributed by atoms with Gasteiger partial charge in [-0.3, -0.25) is 14.2 Å². The van der Waals surface area contributed by atoms with Crippen LogP contribution in [0, 0.1) is 25.6 Å². The molecule has 1 amide bonds. The van der Waals surface area contributed by atoms with E-state index >= 15 is 0 Å². The average Bonchev–Trinajstić information content (AvgIpc) is 3.24. The molecular weight excluding hydrogens is 560 g/mol. The van der Waals surface area contributed by atoms with Crippen LogP contribution in [0.2, 0.25) is 0 Å². The van der Waals surface area contributed by atoms with Gasteiger partial charge in [0.15, 0.2) is 4.83 Å². The lowest BCUT2D eigenvalue weighted by molar-refractivity contribution is 0.0603. The van der Waals surface area contributed by atoms with Crippen molar-refractivity contribution >= 4 is 52.5 Å². The van der Waals surface area contributed by atoms with Crippen molar-refractivity contribution in [2.45, 2.75) is 46.7 Å². The van der Waals surface area contributed by atoms with Crippen LogP contribution in [0.1, 0.15) is 59.3 Å². The Morgan fingerprint density at radius 1 is 1.13 bits per heavy atom. The molecule has 0 aliphatic carbocycles. The second-order valence-corrected chi connectivity index (χ2v) is 10.4. The Kier molecular flexibility index (Phi) is 11.6. The largest absolute Gasteiger partial charge is 0.330 e. The van der Waals surface area contributed by atoms with Crippen molar-refractivity contribution in [2.75, 3.05) is 13.1 Å². The molecule has 0 bridgehead atoms. The van der Waals surface area contributed by atoms with E-state index in [0.29, 0.717) is 52.4 Å². The minimum atomic E-state index is -0.520. The maximum absolute atomic E-state index is 14.0. The Morgan fingerprint density at radius 3 is 2.44 bits per heavy atom. The molecule has 2 aromatic heterocycles. The molecule has 210 valence electrons. The third kappa shape index (κ3) is 7.03. The fourth-order valence-electron chi connectivity index (χ4n) is 4.57. The number of aryl methyl sites for hydroxylation is 2. The Bertz CT molecular complexity index is 1470. The van der Waals surface area contributed by atoms with E-state index in [1.54, 1.807) is 28.5 Å². The number of rotatable bonds is 9. The number of carbonyl (C=O) groups is 1. The maximum atomic E-state index is 14.0. The summed E-state index contributed by atoms with van der Waals surface area (Å²) in [5.41, 5.74) is 8.45. The standard InChI is InChI=1S/C28H32FN5O2S.2ClH/c1-17(2)24(33(14-6-13-30)27(35)21-11-9-18(3)10-12-21)25-31-26-23(19(4)32-37-26)28(36)34(25)16-20-7-5-8-22(29)15-20;;/h5,7-12,15,17,24H,6,13-14,16,30H2,1-4H3;2*1H. The maximum Gasteiger partial charge on any atom is 0.264 e. The number of amides is 1. The molecule has 0 saturated heterocycles. The summed E-state index contributed by atoms with van der Waals surface area (Å²) in [6.45, 7) is 8.70. The average molecular weight is 595 g/mol. The summed E-state index contributed by atoms with van der Waals surface area (Å²) in [4.78, 5) is 34.9. The molecule has 0 radical (unpaired) electrons. The van der Waals surface area contributed by atoms with Gasteiger partial charge in [-0.2, -0.15) is 4.37 Å². The summed E-state index contributed by atoms with van der Waals surface area (Å²) >= 11 is 1.17. The van der Waals surface area contributed by atoms with E-state index in [0.717, 1.165) is 5.56 Å². The first-order valence-corrected chi connectivity index (χ1v) is 13.2. The van der Waals surface area contributed by atoms with Gasteiger partial charge < -0.3 is 10.6 Å². The third-order valence-electron chi connectivity index (χ3n) is 6.42. The van der Waals surface area contributed by atoms with Gasteiger partial charge in [-0.15, -0.1) is 24.8 Å². The zero-order chi connectivity index (χ0) is 26.7. The highest BCUT2D eigenvalue weighted by Gasteiger charge is 2.33. The first-order valence-electron chi connectivity index (χ1n) is 12.4. The van der Waals surface area contributed by atoms with E-state index in [1.165, 1.54) is 23.7 Å². The van der Waals surface area contributed by atoms with Crippen LogP contribution in [-0.2, 0) is 6.54 Å². The van der Waals surface area contributed by atoms with Crippen LogP contribution in [0.15, 0.2) is 53.3 Å². The van der Waals surface area contributed by atoms with Crippen molar-refractivity contribution in [1.82, 2.24) is 18.8 Å². The van der Waals surface area contributed by atoms with Crippen molar-refractivity contribution in [3.8, 4) is 0 Å². The van der Waals surface area contributed by atoms with Gasteiger partial charge in [-0.25, -0.2) is 9.37 Å². The second-order valence-electron chi connectivity index (χ2n) is 9.64. The van der Waals surface area contributed by atoms with Gasteiger partial charge >= 0.3 is 0 Å².